The van der Waals surface area contributed by atoms with Crippen LogP contribution in [0.2, 0.25) is 0 Å². The van der Waals surface area contributed by atoms with E-state index in [1.54, 1.807) is 7.11 Å². The minimum Gasteiger partial charge on any atom is -0.493 e. The number of nitrogens with zero attached hydrogens (tertiary/aromatic N) is 3. The lowest BCUT2D eigenvalue weighted by Crippen LogP contribution is -2.28. The highest BCUT2D eigenvalue weighted by Crippen LogP contribution is 2.38. The van der Waals surface area contributed by atoms with Crippen molar-refractivity contribution in [3.63, 3.8) is 0 Å². The number of imidazole rings is 1. The van der Waals surface area contributed by atoms with Crippen LogP contribution in [0.25, 0.3) is 5.65 Å². The van der Waals surface area contributed by atoms with Crippen LogP contribution in [-0.2, 0) is 11.2 Å². The molecule has 1 fully saturated rings. The van der Waals surface area contributed by atoms with Crippen LogP contribution in [0.1, 0.15) is 59.5 Å². The number of alkyl halides is 2. The van der Waals surface area contributed by atoms with Crippen LogP contribution in [0.15, 0.2) is 36.7 Å². The molecule has 0 aromatic carbocycles. The molecule has 158 valence electrons. The zero-order valence-electron chi connectivity index (χ0n) is 16.8. The van der Waals surface area contributed by atoms with Crippen molar-refractivity contribution in [1.29, 1.82) is 0 Å². The van der Waals surface area contributed by atoms with Gasteiger partial charge in [-0.1, -0.05) is 6.07 Å². The predicted molar refractivity (Wildman–Crippen MR) is 106 cm³/mol. The quantitative estimate of drug-likeness (QED) is 0.511. The molecule has 1 saturated carbocycles. The Morgan fingerprint density at radius 2 is 2.07 bits per heavy atom. The van der Waals surface area contributed by atoms with Crippen LogP contribution in [0.5, 0.6) is 5.75 Å². The minimum absolute atomic E-state index is 0.00629. The second kappa shape index (κ2) is 8.47. The molecule has 0 bridgehead atoms. The van der Waals surface area contributed by atoms with E-state index in [2.05, 4.69) is 4.98 Å². The molecule has 0 saturated heterocycles. The first-order valence-electron chi connectivity index (χ1n) is 9.94. The van der Waals surface area contributed by atoms with Crippen molar-refractivity contribution in [3.05, 3.63) is 59.3 Å². The lowest BCUT2D eigenvalue weighted by molar-refractivity contribution is 0.0249. The van der Waals surface area contributed by atoms with E-state index in [0.717, 1.165) is 24.2 Å². The summed E-state index contributed by atoms with van der Waals surface area (Å²) in [6.07, 6.45) is 3.22. The lowest BCUT2D eigenvalue weighted by Gasteiger charge is -2.32. The number of ether oxygens (including phenoxy) is 2. The number of hydrogen-bond donors (Lipinski definition) is 0. The molecule has 0 unspecified atom stereocenters. The van der Waals surface area contributed by atoms with Crippen molar-refractivity contribution in [1.82, 2.24) is 14.4 Å². The number of fused-ring (bicyclic) bond motifs is 1. The van der Waals surface area contributed by atoms with Gasteiger partial charge in [0.15, 0.2) is 5.78 Å². The molecule has 0 radical (unpaired) electrons. The van der Waals surface area contributed by atoms with Gasteiger partial charge in [0.25, 0.3) is 6.43 Å². The number of hydrogen-bond acceptors (Lipinski definition) is 5. The predicted octanol–water partition coefficient (Wildman–Crippen LogP) is 4.38. The van der Waals surface area contributed by atoms with E-state index in [0.29, 0.717) is 23.8 Å². The first-order chi connectivity index (χ1) is 14.5. The van der Waals surface area contributed by atoms with Crippen LogP contribution >= 0.6 is 0 Å². The number of carbonyl (C=O) groups is 1. The van der Waals surface area contributed by atoms with Gasteiger partial charge >= 0.3 is 0 Å². The Kier molecular flexibility index (Phi) is 5.76. The molecular weight excluding hydrogens is 392 g/mol. The molecule has 3 aromatic heterocycles. The normalized spacial score (nSPS) is 18.6. The molecular formula is C22H23F2N3O3. The number of rotatable bonds is 8. The van der Waals surface area contributed by atoms with Gasteiger partial charge < -0.3 is 13.9 Å². The van der Waals surface area contributed by atoms with E-state index in [1.807, 2.05) is 29.8 Å². The Bertz CT molecular complexity index is 1060. The highest BCUT2D eigenvalue weighted by molar-refractivity contribution is 5.96. The Morgan fingerprint density at radius 1 is 1.27 bits per heavy atom. The summed E-state index contributed by atoms with van der Waals surface area (Å²) >= 11 is 0. The number of Topliss-reactive ketones (excluding diaryl/α,β-unsaturated/α-hetero) is 1. The van der Waals surface area contributed by atoms with Gasteiger partial charge in [-0.2, -0.15) is 0 Å². The van der Waals surface area contributed by atoms with E-state index in [1.165, 1.54) is 18.2 Å². The van der Waals surface area contributed by atoms with Crippen molar-refractivity contribution in [2.45, 2.75) is 44.6 Å². The van der Waals surface area contributed by atoms with Gasteiger partial charge in [-0.05, 0) is 31.9 Å². The average molecular weight is 415 g/mol. The van der Waals surface area contributed by atoms with Crippen LogP contribution in [-0.4, -0.2) is 40.0 Å². The van der Waals surface area contributed by atoms with E-state index in [4.69, 9.17) is 14.5 Å². The molecule has 3 heterocycles. The van der Waals surface area contributed by atoms with Gasteiger partial charge in [-0.15, -0.1) is 0 Å². The molecule has 6 nitrogen and oxygen atoms in total. The van der Waals surface area contributed by atoms with Crippen LogP contribution < -0.4 is 4.74 Å². The monoisotopic (exact) mass is 415 g/mol. The second-order valence-electron chi connectivity index (χ2n) is 7.40. The highest BCUT2D eigenvalue weighted by atomic mass is 19.3. The summed E-state index contributed by atoms with van der Waals surface area (Å²) in [4.78, 5) is 21.2. The molecule has 30 heavy (non-hydrogen) atoms. The topological polar surface area (TPSA) is 65.7 Å². The number of ketones is 1. The molecule has 0 N–H and O–H groups in total. The van der Waals surface area contributed by atoms with E-state index in [-0.39, 0.29) is 24.0 Å². The third kappa shape index (κ3) is 4.05. The number of carbonyl (C=O) groups excluding carboxylic acids is 1. The standard InChI is InChI=1S/C22H23F2N3O3/c1-3-30-20-10-21-26-18(13-7-15(8-13)29-2)12-27(21)11-14(20)9-19(28)16-5-4-6-17(25-16)22(23)24/h4-6,10-13,15,22H,3,7-9H2,1-2H3. The van der Waals surface area contributed by atoms with Gasteiger partial charge in [0.05, 0.1) is 18.4 Å². The zero-order valence-corrected chi connectivity index (χ0v) is 16.8. The summed E-state index contributed by atoms with van der Waals surface area (Å²) in [5.74, 6) is 0.570. The summed E-state index contributed by atoms with van der Waals surface area (Å²) in [5.41, 5.74) is 1.99. The van der Waals surface area contributed by atoms with Gasteiger partial charge in [0.1, 0.15) is 22.8 Å². The van der Waals surface area contributed by atoms with Crippen molar-refractivity contribution >= 4 is 11.4 Å². The number of aromatic nitrogens is 3. The first-order valence-corrected chi connectivity index (χ1v) is 9.94. The third-order valence-corrected chi connectivity index (χ3v) is 5.43. The Balaban J connectivity index is 1.61. The maximum Gasteiger partial charge on any atom is 0.280 e. The SMILES string of the molecule is CCOc1cc2nc(C3CC(OC)C3)cn2cc1CC(=O)c1cccc(C(F)F)n1. The van der Waals surface area contributed by atoms with E-state index in [9.17, 15) is 13.6 Å². The largest absolute Gasteiger partial charge is 0.493 e. The third-order valence-electron chi connectivity index (χ3n) is 5.43. The molecule has 8 heteroatoms. The molecule has 0 spiro atoms. The fraction of sp³-hybridized carbons (Fsp3) is 0.409. The summed E-state index contributed by atoms with van der Waals surface area (Å²) in [5, 5.41) is 0. The fourth-order valence-electron chi connectivity index (χ4n) is 3.69. The fourth-order valence-corrected chi connectivity index (χ4v) is 3.69. The smallest absolute Gasteiger partial charge is 0.280 e. The Labute approximate surface area is 172 Å². The maximum atomic E-state index is 12.9. The first kappa shape index (κ1) is 20.4. The summed E-state index contributed by atoms with van der Waals surface area (Å²) in [6.45, 7) is 2.29. The summed E-state index contributed by atoms with van der Waals surface area (Å²) in [6, 6.07) is 5.89. The number of methoxy groups -OCH3 is 1. The molecule has 1 aliphatic carbocycles. The van der Waals surface area contributed by atoms with Crippen molar-refractivity contribution in [2.75, 3.05) is 13.7 Å². The molecule has 4 rings (SSSR count). The minimum atomic E-state index is -2.72. The van der Waals surface area contributed by atoms with Crippen molar-refractivity contribution < 1.29 is 23.0 Å². The maximum absolute atomic E-state index is 12.9. The average Bonchev–Trinajstić information content (AvgIpc) is 3.09. The van der Waals surface area contributed by atoms with Crippen molar-refractivity contribution in [2.24, 2.45) is 0 Å². The van der Waals surface area contributed by atoms with Gasteiger partial charge in [-0.25, -0.2) is 18.7 Å². The number of pyridine rings is 2. The van der Waals surface area contributed by atoms with Gasteiger partial charge in [0, 0.05) is 43.5 Å². The van der Waals surface area contributed by atoms with Crippen LogP contribution in [0.3, 0.4) is 0 Å². The van der Waals surface area contributed by atoms with Gasteiger partial charge in [0.2, 0.25) is 0 Å². The molecule has 0 aliphatic heterocycles. The molecule has 3 aromatic rings. The van der Waals surface area contributed by atoms with Crippen molar-refractivity contribution in [3.8, 4) is 5.75 Å². The van der Waals surface area contributed by atoms with Gasteiger partial charge in [-0.3, -0.25) is 4.79 Å². The summed E-state index contributed by atoms with van der Waals surface area (Å²) < 4.78 is 38.8. The molecule has 0 amide bonds. The Hall–Kier alpha value is -2.87. The van der Waals surface area contributed by atoms with E-state index < -0.39 is 12.1 Å². The second-order valence-corrected chi connectivity index (χ2v) is 7.40. The van der Waals surface area contributed by atoms with Crippen LogP contribution in [0, 0.1) is 0 Å². The molecule has 1 aliphatic rings. The Morgan fingerprint density at radius 3 is 2.77 bits per heavy atom. The highest BCUT2D eigenvalue weighted by Gasteiger charge is 2.32. The molecule has 0 atom stereocenters. The number of halogens is 2. The van der Waals surface area contributed by atoms with Crippen LogP contribution in [0.4, 0.5) is 8.78 Å². The van der Waals surface area contributed by atoms with E-state index >= 15 is 0 Å². The summed E-state index contributed by atoms with van der Waals surface area (Å²) in [7, 11) is 1.72. The zero-order chi connectivity index (χ0) is 21.3. The lowest BCUT2D eigenvalue weighted by atomic mass is 9.80.